The summed E-state index contributed by atoms with van der Waals surface area (Å²) in [6.45, 7) is 0. The number of methoxy groups -OCH3 is 1. The minimum atomic E-state index is -0.348. The molecule has 0 fully saturated rings. The Morgan fingerprint density at radius 1 is 1.17 bits per heavy atom. The van der Waals surface area contributed by atoms with Gasteiger partial charge in [0.05, 0.1) is 18.5 Å². The zero-order valence-corrected chi connectivity index (χ0v) is 11.3. The van der Waals surface area contributed by atoms with Crippen molar-refractivity contribution in [2.45, 2.75) is 0 Å². The highest BCUT2D eigenvalue weighted by Gasteiger charge is 2.06. The van der Waals surface area contributed by atoms with E-state index in [1.807, 2.05) is 0 Å². The lowest BCUT2D eigenvalue weighted by atomic mass is 10.2. The standard InChI is InChI=1S/C13H12BrFN2O/c1-18-9-3-4-11(15)13(7-9)17-12-5-2-8(16)6-10(12)14/h2-7,17H,16H2,1H3. The Labute approximate surface area is 113 Å². The molecule has 0 aliphatic carbocycles. The zero-order valence-electron chi connectivity index (χ0n) is 9.71. The first-order valence-electron chi connectivity index (χ1n) is 5.26. The van der Waals surface area contributed by atoms with E-state index in [-0.39, 0.29) is 5.82 Å². The quantitative estimate of drug-likeness (QED) is 0.845. The molecule has 0 aliphatic heterocycles. The minimum Gasteiger partial charge on any atom is -0.497 e. The zero-order chi connectivity index (χ0) is 13.1. The first-order valence-corrected chi connectivity index (χ1v) is 6.05. The molecule has 0 radical (unpaired) electrons. The van der Waals surface area contributed by atoms with Gasteiger partial charge in [0.2, 0.25) is 0 Å². The van der Waals surface area contributed by atoms with Crippen molar-refractivity contribution in [2.75, 3.05) is 18.2 Å². The summed E-state index contributed by atoms with van der Waals surface area (Å²) >= 11 is 3.37. The summed E-state index contributed by atoms with van der Waals surface area (Å²) in [6.07, 6.45) is 0. The van der Waals surface area contributed by atoms with Crippen LogP contribution in [-0.2, 0) is 0 Å². The largest absolute Gasteiger partial charge is 0.497 e. The third-order valence-corrected chi connectivity index (χ3v) is 3.09. The third kappa shape index (κ3) is 2.73. The lowest BCUT2D eigenvalue weighted by molar-refractivity contribution is 0.414. The van der Waals surface area contributed by atoms with Crippen LogP contribution in [-0.4, -0.2) is 7.11 Å². The molecule has 0 unspecified atom stereocenters. The van der Waals surface area contributed by atoms with Gasteiger partial charge in [0.25, 0.3) is 0 Å². The van der Waals surface area contributed by atoms with Crippen LogP contribution < -0.4 is 15.8 Å². The second-order valence-corrected chi connectivity index (χ2v) is 4.56. The van der Waals surface area contributed by atoms with Crippen LogP contribution >= 0.6 is 15.9 Å². The maximum absolute atomic E-state index is 13.6. The van der Waals surface area contributed by atoms with Crippen LogP contribution in [0.5, 0.6) is 5.75 Å². The van der Waals surface area contributed by atoms with Crippen LogP contribution in [0.3, 0.4) is 0 Å². The molecule has 0 aromatic heterocycles. The van der Waals surface area contributed by atoms with Gasteiger partial charge in [0, 0.05) is 16.2 Å². The van der Waals surface area contributed by atoms with E-state index >= 15 is 0 Å². The molecule has 0 aliphatic rings. The molecule has 2 aromatic rings. The van der Waals surface area contributed by atoms with Crippen LogP contribution in [0.2, 0.25) is 0 Å². The van der Waals surface area contributed by atoms with Crippen LogP contribution in [0.15, 0.2) is 40.9 Å². The summed E-state index contributed by atoms with van der Waals surface area (Å²) in [5, 5.41) is 2.98. The van der Waals surface area contributed by atoms with Gasteiger partial charge in [-0.1, -0.05) is 0 Å². The molecule has 0 saturated carbocycles. The van der Waals surface area contributed by atoms with Crippen LogP contribution in [0.4, 0.5) is 21.5 Å². The number of nitrogens with two attached hydrogens (primary N) is 1. The van der Waals surface area contributed by atoms with Crippen molar-refractivity contribution in [3.05, 3.63) is 46.7 Å². The molecule has 0 amide bonds. The molecule has 94 valence electrons. The number of anilines is 3. The van der Waals surface area contributed by atoms with E-state index in [1.165, 1.54) is 13.2 Å². The van der Waals surface area contributed by atoms with Crippen molar-refractivity contribution in [2.24, 2.45) is 0 Å². The number of nitrogen functional groups attached to an aromatic ring is 1. The average molecular weight is 311 g/mol. The Morgan fingerprint density at radius 3 is 2.61 bits per heavy atom. The number of rotatable bonds is 3. The van der Waals surface area contributed by atoms with Crippen molar-refractivity contribution < 1.29 is 9.13 Å². The lowest BCUT2D eigenvalue weighted by Crippen LogP contribution is -1.96. The van der Waals surface area contributed by atoms with Gasteiger partial charge in [-0.15, -0.1) is 0 Å². The lowest BCUT2D eigenvalue weighted by Gasteiger charge is -2.11. The molecule has 2 aromatic carbocycles. The molecule has 2 rings (SSSR count). The fourth-order valence-corrected chi connectivity index (χ4v) is 2.00. The second-order valence-electron chi connectivity index (χ2n) is 3.71. The molecule has 0 bridgehead atoms. The summed E-state index contributed by atoms with van der Waals surface area (Å²) in [5.41, 5.74) is 7.36. The molecule has 0 heterocycles. The van der Waals surface area contributed by atoms with E-state index in [2.05, 4.69) is 21.2 Å². The van der Waals surface area contributed by atoms with Gasteiger partial charge in [-0.25, -0.2) is 4.39 Å². The highest BCUT2D eigenvalue weighted by atomic mass is 79.9. The first kappa shape index (κ1) is 12.7. The summed E-state index contributed by atoms with van der Waals surface area (Å²) in [6, 6.07) is 9.78. The Hall–Kier alpha value is -1.75. The highest BCUT2D eigenvalue weighted by Crippen LogP contribution is 2.30. The van der Waals surface area contributed by atoms with Crippen LogP contribution in [0.1, 0.15) is 0 Å². The molecule has 18 heavy (non-hydrogen) atoms. The van der Waals surface area contributed by atoms with Gasteiger partial charge in [0.15, 0.2) is 0 Å². The van der Waals surface area contributed by atoms with Crippen molar-refractivity contribution >= 4 is 33.0 Å². The molecular weight excluding hydrogens is 299 g/mol. The normalized spacial score (nSPS) is 10.2. The van der Waals surface area contributed by atoms with Crippen molar-refractivity contribution in [1.82, 2.24) is 0 Å². The number of hydrogen-bond donors (Lipinski definition) is 2. The van der Waals surface area contributed by atoms with Gasteiger partial charge in [0.1, 0.15) is 11.6 Å². The van der Waals surface area contributed by atoms with Gasteiger partial charge >= 0.3 is 0 Å². The minimum absolute atomic E-state index is 0.347. The van der Waals surface area contributed by atoms with Gasteiger partial charge in [-0.05, 0) is 46.3 Å². The highest BCUT2D eigenvalue weighted by molar-refractivity contribution is 9.10. The second kappa shape index (κ2) is 5.27. The summed E-state index contributed by atoms with van der Waals surface area (Å²) < 4.78 is 19.5. The topological polar surface area (TPSA) is 47.3 Å². The van der Waals surface area contributed by atoms with Gasteiger partial charge < -0.3 is 15.8 Å². The third-order valence-electron chi connectivity index (χ3n) is 2.44. The Balaban J connectivity index is 2.33. The maximum Gasteiger partial charge on any atom is 0.146 e. The summed E-state index contributed by atoms with van der Waals surface area (Å²) in [4.78, 5) is 0. The SMILES string of the molecule is COc1ccc(F)c(Nc2ccc(N)cc2Br)c1. The molecule has 3 nitrogen and oxygen atoms in total. The Kier molecular flexibility index (Phi) is 3.72. The maximum atomic E-state index is 13.6. The van der Waals surface area contributed by atoms with E-state index in [0.717, 1.165) is 10.2 Å². The number of nitrogens with one attached hydrogen (secondary N) is 1. The van der Waals surface area contributed by atoms with E-state index < -0.39 is 0 Å². The number of halogens is 2. The molecule has 0 saturated heterocycles. The van der Waals surface area contributed by atoms with Gasteiger partial charge in [-0.3, -0.25) is 0 Å². The van der Waals surface area contributed by atoms with Crippen LogP contribution in [0.25, 0.3) is 0 Å². The Morgan fingerprint density at radius 2 is 1.94 bits per heavy atom. The van der Waals surface area contributed by atoms with E-state index in [1.54, 1.807) is 30.3 Å². The van der Waals surface area contributed by atoms with Gasteiger partial charge in [-0.2, -0.15) is 0 Å². The van der Waals surface area contributed by atoms with Crippen molar-refractivity contribution in [3.63, 3.8) is 0 Å². The molecule has 0 spiro atoms. The number of ether oxygens (including phenoxy) is 1. The van der Waals surface area contributed by atoms with Crippen LogP contribution in [0, 0.1) is 5.82 Å². The number of hydrogen-bond acceptors (Lipinski definition) is 3. The van der Waals surface area contributed by atoms with E-state index in [4.69, 9.17) is 10.5 Å². The summed E-state index contributed by atoms with van der Waals surface area (Å²) in [7, 11) is 1.54. The predicted octanol–water partition coefficient (Wildman–Crippen LogP) is 3.92. The Bertz CT molecular complexity index is 575. The smallest absolute Gasteiger partial charge is 0.146 e. The first-order chi connectivity index (χ1) is 8.60. The van der Waals surface area contributed by atoms with Crippen molar-refractivity contribution in [1.29, 1.82) is 0 Å². The monoisotopic (exact) mass is 310 g/mol. The summed E-state index contributed by atoms with van der Waals surface area (Å²) in [5.74, 6) is 0.241. The number of benzene rings is 2. The van der Waals surface area contributed by atoms with E-state index in [9.17, 15) is 4.39 Å². The molecule has 3 N–H and O–H groups in total. The fraction of sp³-hybridized carbons (Fsp3) is 0.0769. The van der Waals surface area contributed by atoms with E-state index in [0.29, 0.717) is 17.1 Å². The molecule has 5 heteroatoms. The fourth-order valence-electron chi connectivity index (χ4n) is 1.50. The predicted molar refractivity (Wildman–Crippen MR) is 74.8 cm³/mol. The average Bonchev–Trinajstić information content (AvgIpc) is 2.35. The van der Waals surface area contributed by atoms with Crippen molar-refractivity contribution in [3.8, 4) is 5.75 Å². The molecule has 0 atom stereocenters. The molecular formula is C13H12BrFN2O.